The highest BCUT2D eigenvalue weighted by Crippen LogP contribution is 2.05. The van der Waals surface area contributed by atoms with Gasteiger partial charge >= 0.3 is 11.9 Å². The maximum atomic E-state index is 11.7. The molecule has 0 aliphatic rings. The summed E-state index contributed by atoms with van der Waals surface area (Å²) in [5.74, 6) is -1.37. The fourth-order valence-corrected chi connectivity index (χ4v) is 1.47. The summed E-state index contributed by atoms with van der Waals surface area (Å²) in [7, 11) is 1.63. The lowest BCUT2D eigenvalue weighted by Crippen LogP contribution is -2.17. The van der Waals surface area contributed by atoms with Crippen molar-refractivity contribution in [1.29, 1.82) is 0 Å². The van der Waals surface area contributed by atoms with Crippen molar-refractivity contribution in [1.82, 2.24) is 5.01 Å². The number of hydrogen-bond acceptors (Lipinski definition) is 6. The van der Waals surface area contributed by atoms with Gasteiger partial charge in [-0.1, -0.05) is 18.2 Å². The van der Waals surface area contributed by atoms with E-state index in [9.17, 15) is 9.59 Å². The lowest BCUT2D eigenvalue weighted by molar-refractivity contribution is -0.137. The van der Waals surface area contributed by atoms with Crippen LogP contribution in [-0.4, -0.2) is 41.9 Å². The smallest absolute Gasteiger partial charge is 0.341 e. The van der Waals surface area contributed by atoms with Crippen LogP contribution in [0.2, 0.25) is 0 Å². The van der Waals surface area contributed by atoms with Gasteiger partial charge in [0.05, 0.1) is 5.56 Å². The molecule has 0 aliphatic heterocycles. The second-order valence-corrected chi connectivity index (χ2v) is 4.49. The second kappa shape index (κ2) is 9.32. The molecular weight excluding hydrogens is 290 g/mol. The van der Waals surface area contributed by atoms with E-state index in [1.54, 1.807) is 37.4 Å². The summed E-state index contributed by atoms with van der Waals surface area (Å²) in [6, 6.07) is 8.52. The van der Waals surface area contributed by atoms with Gasteiger partial charge in [-0.25, -0.2) is 4.79 Å². The summed E-state index contributed by atoms with van der Waals surface area (Å²) in [4.78, 5) is 27.0. The molecule has 0 aliphatic carbocycles. The van der Waals surface area contributed by atoms with Crippen molar-refractivity contribution in [3.05, 3.63) is 35.9 Å². The first-order valence-electron chi connectivity index (χ1n) is 6.74. The molecule has 0 aromatic heterocycles. The van der Waals surface area contributed by atoms with Gasteiger partial charge in [0.25, 0.3) is 6.29 Å². The number of nitrogens with zero attached hydrogens (tertiary/aromatic N) is 3. The van der Waals surface area contributed by atoms with E-state index in [4.69, 9.17) is 14.7 Å². The van der Waals surface area contributed by atoms with Gasteiger partial charge in [-0.3, -0.25) is 9.80 Å². The van der Waals surface area contributed by atoms with E-state index in [-0.39, 0.29) is 6.42 Å². The molecular formula is C14H19N3O5. The van der Waals surface area contributed by atoms with E-state index in [2.05, 4.69) is 10.5 Å². The third-order valence-corrected chi connectivity index (χ3v) is 2.54. The number of benzene rings is 1. The first-order valence-corrected chi connectivity index (χ1v) is 6.74. The molecule has 1 atom stereocenters. The van der Waals surface area contributed by atoms with Crippen LogP contribution >= 0.6 is 0 Å². The number of carboxylic acids is 1. The maximum absolute atomic E-state index is 11.7. The van der Waals surface area contributed by atoms with Crippen molar-refractivity contribution in [2.24, 2.45) is 10.5 Å². The van der Waals surface area contributed by atoms with E-state index in [1.807, 2.05) is 0 Å². The van der Waals surface area contributed by atoms with Crippen LogP contribution in [0, 0.1) is 0 Å². The molecule has 1 unspecified atom stereocenters. The Morgan fingerprint density at radius 2 is 2.00 bits per heavy atom. The van der Waals surface area contributed by atoms with Gasteiger partial charge in [0.2, 0.25) is 0 Å². The van der Waals surface area contributed by atoms with Gasteiger partial charge in [0.15, 0.2) is 0 Å². The van der Waals surface area contributed by atoms with Crippen molar-refractivity contribution in [2.45, 2.75) is 26.1 Å². The minimum absolute atomic E-state index is 0.0613. The Bertz CT molecular complexity index is 506. The summed E-state index contributed by atoms with van der Waals surface area (Å²) < 4.78 is 5.02. The first-order chi connectivity index (χ1) is 10.5. The first kappa shape index (κ1) is 17.4. The normalized spacial score (nSPS) is 11.9. The highest BCUT2D eigenvalue weighted by atomic mass is 16.8. The van der Waals surface area contributed by atoms with E-state index in [1.165, 1.54) is 11.9 Å². The molecule has 1 N–H and O–H groups in total. The highest BCUT2D eigenvalue weighted by molar-refractivity contribution is 5.89. The number of carbonyl (C=O) groups excluding carboxylic acids is 1. The number of rotatable bonds is 9. The van der Waals surface area contributed by atoms with Gasteiger partial charge in [-0.05, 0) is 23.8 Å². The van der Waals surface area contributed by atoms with Crippen LogP contribution in [0.5, 0.6) is 0 Å². The summed E-state index contributed by atoms with van der Waals surface area (Å²) in [6.07, 6.45) is -0.376. The third-order valence-electron chi connectivity index (χ3n) is 2.54. The monoisotopic (exact) mass is 309 g/mol. The standard InChI is InChI=1S/C14H19N3O5/c1-11(21-14(20)12-7-4-3-5-8-12)22-16-15-17(2)10-6-9-13(18)19/h3-5,7-8,11H,6,9-10H2,1-2H3,(H,18,19)/b16-15-. The summed E-state index contributed by atoms with van der Waals surface area (Å²) >= 11 is 0. The molecule has 8 heteroatoms. The Morgan fingerprint density at radius 3 is 2.64 bits per heavy atom. The molecule has 1 rings (SSSR count). The predicted molar refractivity (Wildman–Crippen MR) is 76.8 cm³/mol. The van der Waals surface area contributed by atoms with E-state index < -0.39 is 18.2 Å². The zero-order valence-electron chi connectivity index (χ0n) is 12.5. The van der Waals surface area contributed by atoms with Crippen molar-refractivity contribution in [2.75, 3.05) is 13.6 Å². The van der Waals surface area contributed by atoms with Crippen molar-refractivity contribution in [3.8, 4) is 0 Å². The highest BCUT2D eigenvalue weighted by Gasteiger charge is 2.12. The topological polar surface area (TPSA) is 101 Å². The summed E-state index contributed by atoms with van der Waals surface area (Å²) in [6.45, 7) is 1.95. The third kappa shape index (κ3) is 7.22. The molecule has 1 aromatic rings. The van der Waals surface area contributed by atoms with Gasteiger partial charge in [0, 0.05) is 32.2 Å². The van der Waals surface area contributed by atoms with Crippen LogP contribution in [0.1, 0.15) is 30.1 Å². The molecule has 120 valence electrons. The second-order valence-electron chi connectivity index (χ2n) is 4.49. The number of esters is 1. The molecule has 0 heterocycles. The van der Waals surface area contributed by atoms with Gasteiger partial charge in [0.1, 0.15) is 0 Å². The van der Waals surface area contributed by atoms with Crippen LogP contribution < -0.4 is 0 Å². The Hall–Kier alpha value is -2.64. The Morgan fingerprint density at radius 1 is 1.32 bits per heavy atom. The summed E-state index contributed by atoms with van der Waals surface area (Å²) in [5.41, 5.74) is 0.417. The lowest BCUT2D eigenvalue weighted by atomic mass is 10.2. The van der Waals surface area contributed by atoms with Crippen LogP contribution in [0.25, 0.3) is 0 Å². The fourth-order valence-electron chi connectivity index (χ4n) is 1.47. The number of carboxylic acid groups (broad SMARTS) is 1. The molecule has 0 radical (unpaired) electrons. The van der Waals surface area contributed by atoms with Gasteiger partial charge < -0.3 is 14.7 Å². The Labute approximate surface area is 128 Å². The zero-order chi connectivity index (χ0) is 16.4. The van der Waals surface area contributed by atoms with Crippen molar-refractivity contribution in [3.63, 3.8) is 0 Å². The maximum Gasteiger partial charge on any atom is 0.341 e. The Balaban J connectivity index is 2.27. The average Bonchev–Trinajstić information content (AvgIpc) is 2.47. The molecule has 8 nitrogen and oxygen atoms in total. The lowest BCUT2D eigenvalue weighted by Gasteiger charge is -2.12. The van der Waals surface area contributed by atoms with Gasteiger partial charge in [-0.15, -0.1) is 0 Å². The number of aliphatic carboxylic acids is 1. The molecule has 1 aromatic carbocycles. The number of hydrogen-bond donors (Lipinski definition) is 1. The van der Waals surface area contributed by atoms with Crippen LogP contribution in [0.3, 0.4) is 0 Å². The van der Waals surface area contributed by atoms with Crippen LogP contribution in [-0.2, 0) is 14.4 Å². The number of ether oxygens (including phenoxy) is 1. The molecule has 0 amide bonds. The average molecular weight is 309 g/mol. The number of carbonyl (C=O) groups is 2. The molecule has 0 fully saturated rings. The molecule has 22 heavy (non-hydrogen) atoms. The van der Waals surface area contributed by atoms with Crippen molar-refractivity contribution < 1.29 is 24.3 Å². The van der Waals surface area contributed by atoms with E-state index in [0.29, 0.717) is 18.5 Å². The van der Waals surface area contributed by atoms with Crippen molar-refractivity contribution >= 4 is 11.9 Å². The minimum atomic E-state index is -0.885. The molecule has 0 spiro atoms. The van der Waals surface area contributed by atoms with Gasteiger partial charge in [-0.2, -0.15) is 0 Å². The van der Waals surface area contributed by atoms with Crippen LogP contribution in [0.4, 0.5) is 0 Å². The van der Waals surface area contributed by atoms with E-state index in [0.717, 1.165) is 0 Å². The molecule has 0 saturated carbocycles. The van der Waals surface area contributed by atoms with E-state index >= 15 is 0 Å². The summed E-state index contributed by atoms with van der Waals surface area (Å²) in [5, 5.41) is 17.1. The quantitative estimate of drug-likeness (QED) is 0.325. The fraction of sp³-hybridized carbons (Fsp3) is 0.429. The SMILES string of the molecule is CC(O/N=N\N(C)CCCC(=O)O)OC(=O)c1ccccc1. The Kier molecular flexibility index (Phi) is 7.38. The molecule has 0 saturated heterocycles. The minimum Gasteiger partial charge on any atom is -0.481 e. The van der Waals surface area contributed by atoms with Crippen LogP contribution in [0.15, 0.2) is 40.8 Å². The largest absolute Gasteiger partial charge is 0.481 e. The molecule has 0 bridgehead atoms. The zero-order valence-corrected chi connectivity index (χ0v) is 12.5. The predicted octanol–water partition coefficient (Wildman–Crippen LogP) is 2.28.